The summed E-state index contributed by atoms with van der Waals surface area (Å²) in [6, 6.07) is 8.82. The van der Waals surface area contributed by atoms with Crippen LogP contribution in [-0.4, -0.2) is 37.7 Å². The zero-order valence-corrected chi connectivity index (χ0v) is 15.8. The van der Waals surface area contributed by atoms with Gasteiger partial charge in [-0.05, 0) is 29.8 Å². The molecular weight excluding hydrogens is 406 g/mol. The van der Waals surface area contributed by atoms with Crippen LogP contribution in [0.3, 0.4) is 0 Å². The van der Waals surface area contributed by atoms with Crippen molar-refractivity contribution in [3.63, 3.8) is 0 Å². The number of halogens is 4. The molecule has 1 aliphatic heterocycles. The Bertz CT molecular complexity index is 1050. The summed E-state index contributed by atoms with van der Waals surface area (Å²) >= 11 is 0. The Morgan fingerprint density at radius 3 is 2.27 bits per heavy atom. The second-order valence-corrected chi connectivity index (χ2v) is 6.51. The van der Waals surface area contributed by atoms with Crippen LogP contribution in [-0.2, 0) is 16.5 Å². The highest BCUT2D eigenvalue weighted by Gasteiger charge is 2.59. The SMILES string of the molecule is COc1ccc(C2(CF)C(=O)N(c3cccc(C#N)c3C(F)(F)F)C(=O)N2C)cc1. The van der Waals surface area contributed by atoms with E-state index in [1.807, 2.05) is 0 Å². The fourth-order valence-electron chi connectivity index (χ4n) is 3.47. The molecule has 1 fully saturated rings. The Hall–Kier alpha value is -3.61. The molecule has 1 unspecified atom stereocenters. The van der Waals surface area contributed by atoms with Gasteiger partial charge in [0, 0.05) is 7.05 Å². The maximum Gasteiger partial charge on any atom is 0.419 e. The molecule has 1 atom stereocenters. The van der Waals surface area contributed by atoms with Crippen LogP contribution in [0.25, 0.3) is 0 Å². The van der Waals surface area contributed by atoms with Crippen molar-refractivity contribution in [2.45, 2.75) is 11.7 Å². The lowest BCUT2D eigenvalue weighted by Gasteiger charge is -2.30. The first-order valence-corrected chi connectivity index (χ1v) is 8.56. The van der Waals surface area contributed by atoms with Gasteiger partial charge in [-0.2, -0.15) is 18.4 Å². The minimum atomic E-state index is -5.03. The van der Waals surface area contributed by atoms with E-state index >= 15 is 0 Å². The average Bonchev–Trinajstić information content (AvgIpc) is 2.92. The monoisotopic (exact) mass is 421 g/mol. The van der Waals surface area contributed by atoms with Crippen molar-refractivity contribution in [2.75, 3.05) is 25.7 Å². The minimum Gasteiger partial charge on any atom is -0.497 e. The molecule has 6 nitrogen and oxygen atoms in total. The number of imide groups is 1. The van der Waals surface area contributed by atoms with Crippen molar-refractivity contribution in [2.24, 2.45) is 0 Å². The molecule has 0 radical (unpaired) electrons. The van der Waals surface area contributed by atoms with Gasteiger partial charge in [-0.1, -0.05) is 18.2 Å². The Morgan fingerprint density at radius 2 is 1.77 bits per heavy atom. The summed E-state index contributed by atoms with van der Waals surface area (Å²) in [5.74, 6) is -0.784. The second-order valence-electron chi connectivity index (χ2n) is 6.51. The number of hydrogen-bond acceptors (Lipinski definition) is 4. The third-order valence-corrected chi connectivity index (χ3v) is 5.06. The molecule has 1 heterocycles. The van der Waals surface area contributed by atoms with Gasteiger partial charge in [0.05, 0.1) is 30.0 Å². The van der Waals surface area contributed by atoms with Crippen LogP contribution < -0.4 is 9.64 Å². The van der Waals surface area contributed by atoms with Gasteiger partial charge in [0.15, 0.2) is 5.54 Å². The number of carbonyl (C=O) groups excluding carboxylic acids is 2. The summed E-state index contributed by atoms with van der Waals surface area (Å²) in [6.45, 7) is -1.36. The molecule has 0 spiro atoms. The quantitative estimate of drug-likeness (QED) is 0.555. The van der Waals surface area contributed by atoms with Gasteiger partial charge in [0.2, 0.25) is 0 Å². The first-order chi connectivity index (χ1) is 14.1. The number of benzene rings is 2. The number of ether oxygens (including phenoxy) is 1. The Morgan fingerprint density at radius 1 is 1.13 bits per heavy atom. The van der Waals surface area contributed by atoms with E-state index in [2.05, 4.69) is 0 Å². The molecule has 0 aromatic heterocycles. The summed E-state index contributed by atoms with van der Waals surface area (Å²) in [6.07, 6.45) is -5.03. The van der Waals surface area contributed by atoms with Crippen molar-refractivity contribution < 1.29 is 31.9 Å². The molecule has 0 N–H and O–H groups in total. The number of nitriles is 1. The van der Waals surface area contributed by atoms with Crippen LogP contribution in [0.1, 0.15) is 16.7 Å². The number of carbonyl (C=O) groups is 2. The predicted molar refractivity (Wildman–Crippen MR) is 97.5 cm³/mol. The van der Waals surface area contributed by atoms with Crippen LogP contribution in [0.15, 0.2) is 42.5 Å². The summed E-state index contributed by atoms with van der Waals surface area (Å²) in [5, 5.41) is 9.09. The number of anilines is 1. The van der Waals surface area contributed by atoms with Gasteiger partial charge in [0.1, 0.15) is 12.4 Å². The molecule has 1 aliphatic rings. The van der Waals surface area contributed by atoms with Crippen molar-refractivity contribution in [3.8, 4) is 11.8 Å². The first-order valence-electron chi connectivity index (χ1n) is 8.56. The highest BCUT2D eigenvalue weighted by Crippen LogP contribution is 2.44. The van der Waals surface area contributed by atoms with Gasteiger partial charge in [0.25, 0.3) is 5.91 Å². The molecule has 2 aromatic carbocycles. The molecule has 3 amide bonds. The third kappa shape index (κ3) is 2.94. The number of nitrogens with zero attached hydrogens (tertiary/aromatic N) is 3. The zero-order chi connectivity index (χ0) is 22.3. The van der Waals surface area contributed by atoms with Crippen LogP contribution in [0.4, 0.5) is 28.0 Å². The van der Waals surface area contributed by atoms with E-state index in [1.54, 1.807) is 0 Å². The van der Waals surface area contributed by atoms with Gasteiger partial charge in [-0.25, -0.2) is 14.1 Å². The van der Waals surface area contributed by atoms with Crippen LogP contribution in [0.2, 0.25) is 0 Å². The molecule has 30 heavy (non-hydrogen) atoms. The van der Waals surface area contributed by atoms with E-state index in [9.17, 15) is 27.2 Å². The topological polar surface area (TPSA) is 73.6 Å². The molecule has 2 aromatic rings. The molecule has 156 valence electrons. The number of hydrogen-bond donors (Lipinski definition) is 0. The number of urea groups is 1. The van der Waals surface area contributed by atoms with Crippen LogP contribution in [0.5, 0.6) is 5.75 Å². The second kappa shape index (κ2) is 7.33. The Balaban J connectivity index is 2.22. The van der Waals surface area contributed by atoms with Gasteiger partial charge < -0.3 is 9.64 Å². The molecule has 0 aliphatic carbocycles. The van der Waals surface area contributed by atoms with E-state index in [4.69, 9.17) is 10.00 Å². The zero-order valence-electron chi connectivity index (χ0n) is 15.8. The van der Waals surface area contributed by atoms with E-state index < -0.39 is 47.1 Å². The maximum atomic E-state index is 14.3. The van der Waals surface area contributed by atoms with Gasteiger partial charge >= 0.3 is 12.2 Å². The highest BCUT2D eigenvalue weighted by molar-refractivity contribution is 6.23. The number of likely N-dealkylation sites (N-methyl/N-ethyl adjacent to an activating group) is 1. The van der Waals surface area contributed by atoms with Gasteiger partial charge in [-0.3, -0.25) is 4.79 Å². The minimum absolute atomic E-state index is 0.0687. The fraction of sp³-hybridized carbons (Fsp3) is 0.250. The van der Waals surface area contributed by atoms with Crippen molar-refractivity contribution in [1.82, 2.24) is 4.90 Å². The molecule has 0 bridgehead atoms. The van der Waals surface area contributed by atoms with Crippen LogP contribution in [0, 0.1) is 11.3 Å². The lowest BCUT2D eigenvalue weighted by Crippen LogP contribution is -2.47. The van der Waals surface area contributed by atoms with Crippen molar-refractivity contribution in [1.29, 1.82) is 5.26 Å². The van der Waals surface area contributed by atoms with E-state index in [0.29, 0.717) is 5.75 Å². The number of methoxy groups -OCH3 is 1. The largest absolute Gasteiger partial charge is 0.497 e. The highest BCUT2D eigenvalue weighted by atomic mass is 19.4. The standard InChI is InChI=1S/C20H15F4N3O3/c1-26-18(29)27(15-5-3-4-12(10-25)16(15)20(22,23)24)17(28)19(26,11-21)13-6-8-14(30-2)9-7-13/h3-9H,11H2,1-2H3. The number of alkyl halides is 4. The first kappa shape index (κ1) is 21.1. The maximum absolute atomic E-state index is 14.3. The Kier molecular flexibility index (Phi) is 5.16. The van der Waals surface area contributed by atoms with Crippen molar-refractivity contribution >= 4 is 17.6 Å². The summed E-state index contributed by atoms with van der Waals surface area (Å²) in [5.41, 5.74) is -5.11. The predicted octanol–water partition coefficient (Wildman–Crippen LogP) is 3.85. The normalized spacial score (nSPS) is 19.2. The smallest absolute Gasteiger partial charge is 0.419 e. The van der Waals surface area contributed by atoms with Crippen LogP contribution >= 0.6 is 0 Å². The lowest BCUT2D eigenvalue weighted by molar-refractivity contribution is -0.137. The fourth-order valence-corrected chi connectivity index (χ4v) is 3.47. The van der Waals surface area contributed by atoms with E-state index in [0.717, 1.165) is 30.1 Å². The lowest BCUT2D eigenvalue weighted by atomic mass is 9.89. The number of rotatable bonds is 4. The third-order valence-electron chi connectivity index (χ3n) is 5.06. The molecule has 10 heteroatoms. The molecule has 0 saturated carbocycles. The summed E-state index contributed by atoms with van der Waals surface area (Å²) < 4.78 is 60.4. The number of amides is 3. The van der Waals surface area contributed by atoms with Gasteiger partial charge in [-0.15, -0.1) is 0 Å². The average molecular weight is 421 g/mol. The molecule has 3 rings (SSSR count). The summed E-state index contributed by atoms with van der Waals surface area (Å²) in [7, 11) is 2.53. The summed E-state index contributed by atoms with van der Waals surface area (Å²) in [4.78, 5) is 27.1. The molecular formula is C20H15F4N3O3. The van der Waals surface area contributed by atoms with E-state index in [1.165, 1.54) is 37.4 Å². The Labute approximate surface area is 168 Å². The molecule has 1 saturated heterocycles. The van der Waals surface area contributed by atoms with E-state index in [-0.39, 0.29) is 10.5 Å². The van der Waals surface area contributed by atoms with Crippen molar-refractivity contribution in [3.05, 3.63) is 59.2 Å².